The number of sulfonamides is 1. The molecule has 2 rings (SSSR count). The van der Waals surface area contributed by atoms with Gasteiger partial charge in [0, 0.05) is 19.5 Å². The molecule has 0 saturated carbocycles. The third kappa shape index (κ3) is 4.51. The minimum absolute atomic E-state index is 0.199. The van der Waals surface area contributed by atoms with Gasteiger partial charge >= 0.3 is 0 Å². The van der Waals surface area contributed by atoms with Crippen molar-refractivity contribution in [3.8, 4) is 0 Å². The van der Waals surface area contributed by atoms with E-state index in [9.17, 15) is 22.0 Å². The van der Waals surface area contributed by atoms with Crippen LogP contribution in [0.1, 0.15) is 6.42 Å². The molecule has 0 bridgehead atoms. The van der Waals surface area contributed by atoms with Crippen molar-refractivity contribution < 1.29 is 22.0 Å². The lowest BCUT2D eigenvalue weighted by molar-refractivity contribution is -0.115. The highest BCUT2D eigenvalue weighted by Gasteiger charge is 2.20. The van der Waals surface area contributed by atoms with Crippen LogP contribution in [0.25, 0.3) is 0 Å². The van der Waals surface area contributed by atoms with Crippen LogP contribution in [0.3, 0.4) is 0 Å². The summed E-state index contributed by atoms with van der Waals surface area (Å²) in [6.07, 6.45) is -0.351. The summed E-state index contributed by atoms with van der Waals surface area (Å²) in [5.41, 5.74) is 0.276. The van der Waals surface area contributed by atoms with E-state index >= 15 is 0 Å². The average molecular weight is 354 g/mol. The van der Waals surface area contributed by atoms with E-state index in [-0.39, 0.29) is 12.1 Å². The van der Waals surface area contributed by atoms with Gasteiger partial charge in [0.15, 0.2) is 0 Å². The van der Waals surface area contributed by atoms with E-state index in [0.717, 1.165) is 16.4 Å². The number of rotatable bonds is 6. The summed E-state index contributed by atoms with van der Waals surface area (Å²) < 4.78 is 51.8. The SMILES string of the molecule is CN(c1ccccc1)S(=O)(=O)CCC(=O)Nc1ccc(F)cc1F. The van der Waals surface area contributed by atoms with Gasteiger partial charge in [-0.2, -0.15) is 0 Å². The number of carbonyl (C=O) groups excluding carboxylic acids is 1. The second kappa shape index (κ2) is 7.39. The van der Waals surface area contributed by atoms with E-state index in [4.69, 9.17) is 0 Å². The molecule has 0 heterocycles. The van der Waals surface area contributed by atoms with E-state index in [1.807, 2.05) is 0 Å². The summed E-state index contributed by atoms with van der Waals surface area (Å²) in [4.78, 5) is 11.8. The molecule has 0 unspecified atom stereocenters. The molecule has 2 aromatic carbocycles. The zero-order valence-electron chi connectivity index (χ0n) is 12.9. The Morgan fingerprint density at radius 2 is 1.79 bits per heavy atom. The van der Waals surface area contributed by atoms with Crippen molar-refractivity contribution in [1.29, 1.82) is 0 Å². The van der Waals surface area contributed by atoms with Crippen molar-refractivity contribution in [2.45, 2.75) is 6.42 Å². The monoisotopic (exact) mass is 354 g/mol. The molecule has 0 spiro atoms. The third-order valence-corrected chi connectivity index (χ3v) is 5.09. The van der Waals surface area contributed by atoms with Gasteiger partial charge < -0.3 is 5.32 Å². The van der Waals surface area contributed by atoms with Gasteiger partial charge in [0.25, 0.3) is 0 Å². The first-order valence-electron chi connectivity index (χ1n) is 7.06. The number of benzene rings is 2. The number of nitrogens with zero attached hydrogens (tertiary/aromatic N) is 1. The van der Waals surface area contributed by atoms with E-state index < -0.39 is 33.3 Å². The topological polar surface area (TPSA) is 66.5 Å². The molecule has 1 N–H and O–H groups in total. The fourth-order valence-corrected chi connectivity index (χ4v) is 3.12. The first-order chi connectivity index (χ1) is 11.3. The van der Waals surface area contributed by atoms with E-state index in [2.05, 4.69) is 5.32 Å². The van der Waals surface area contributed by atoms with Crippen LogP contribution in [0.2, 0.25) is 0 Å². The quantitative estimate of drug-likeness (QED) is 0.867. The maximum Gasteiger partial charge on any atom is 0.235 e. The molecule has 0 aliphatic carbocycles. The summed E-state index contributed by atoms with van der Waals surface area (Å²) in [5.74, 6) is -2.80. The molecule has 0 aliphatic rings. The van der Waals surface area contributed by atoms with Gasteiger partial charge in [-0.25, -0.2) is 17.2 Å². The van der Waals surface area contributed by atoms with E-state index in [1.165, 1.54) is 7.05 Å². The Labute approximate surface area is 139 Å². The number of nitrogens with one attached hydrogen (secondary N) is 1. The van der Waals surface area contributed by atoms with Crippen LogP contribution in [0.15, 0.2) is 48.5 Å². The highest BCUT2D eigenvalue weighted by molar-refractivity contribution is 7.92. The van der Waals surface area contributed by atoms with Crippen molar-refractivity contribution in [3.63, 3.8) is 0 Å². The number of hydrogen-bond donors (Lipinski definition) is 1. The van der Waals surface area contributed by atoms with Crippen LogP contribution in [-0.2, 0) is 14.8 Å². The fourth-order valence-electron chi connectivity index (χ4n) is 1.96. The summed E-state index contributed by atoms with van der Waals surface area (Å²) >= 11 is 0. The zero-order chi connectivity index (χ0) is 17.7. The molecule has 1 amide bonds. The lowest BCUT2D eigenvalue weighted by Gasteiger charge is -2.19. The summed E-state index contributed by atoms with van der Waals surface area (Å²) in [5, 5.41) is 2.23. The Bertz CT molecular complexity index is 826. The molecule has 5 nitrogen and oxygen atoms in total. The van der Waals surface area contributed by atoms with Gasteiger partial charge in [-0.1, -0.05) is 18.2 Å². The molecular weight excluding hydrogens is 338 g/mol. The highest BCUT2D eigenvalue weighted by atomic mass is 32.2. The Morgan fingerprint density at radius 3 is 2.42 bits per heavy atom. The average Bonchev–Trinajstić information content (AvgIpc) is 2.56. The maximum absolute atomic E-state index is 13.5. The third-order valence-electron chi connectivity index (χ3n) is 3.33. The van der Waals surface area contributed by atoms with Gasteiger partial charge in [-0.15, -0.1) is 0 Å². The molecule has 128 valence electrons. The summed E-state index contributed by atoms with van der Waals surface area (Å²) in [6.45, 7) is 0. The molecule has 0 fully saturated rings. The molecule has 8 heteroatoms. The summed E-state index contributed by atoms with van der Waals surface area (Å²) in [6, 6.07) is 11.1. The standard InChI is InChI=1S/C16H16F2N2O3S/c1-20(13-5-3-2-4-6-13)24(22,23)10-9-16(21)19-15-8-7-12(17)11-14(15)18/h2-8,11H,9-10H2,1H3,(H,19,21). The maximum atomic E-state index is 13.5. The number of hydrogen-bond acceptors (Lipinski definition) is 3. The molecule has 0 aliphatic heterocycles. The number of para-hydroxylation sites is 1. The van der Waals surface area contributed by atoms with Gasteiger partial charge in [0.2, 0.25) is 15.9 Å². The zero-order valence-corrected chi connectivity index (χ0v) is 13.7. The molecule has 0 atom stereocenters. The van der Waals surface area contributed by atoms with Gasteiger partial charge in [0.05, 0.1) is 17.1 Å². The number of anilines is 2. The number of halogens is 2. The van der Waals surface area contributed by atoms with Crippen molar-refractivity contribution in [2.75, 3.05) is 22.4 Å². The van der Waals surface area contributed by atoms with Crippen molar-refractivity contribution in [2.24, 2.45) is 0 Å². The largest absolute Gasteiger partial charge is 0.324 e. The van der Waals surface area contributed by atoms with Crippen LogP contribution in [0.4, 0.5) is 20.2 Å². The first kappa shape index (κ1) is 17.9. The van der Waals surface area contributed by atoms with Gasteiger partial charge in [-0.05, 0) is 24.3 Å². The smallest absolute Gasteiger partial charge is 0.235 e. The lowest BCUT2D eigenvalue weighted by atomic mass is 10.3. The van der Waals surface area contributed by atoms with E-state index in [0.29, 0.717) is 11.8 Å². The predicted molar refractivity (Wildman–Crippen MR) is 88.2 cm³/mol. The summed E-state index contributed by atoms with van der Waals surface area (Å²) in [7, 11) is -2.31. The second-order valence-corrected chi connectivity index (χ2v) is 7.16. The van der Waals surface area contributed by atoms with Crippen molar-refractivity contribution in [3.05, 3.63) is 60.2 Å². The minimum Gasteiger partial charge on any atom is -0.324 e. The molecule has 0 saturated heterocycles. The highest BCUT2D eigenvalue weighted by Crippen LogP contribution is 2.17. The van der Waals surface area contributed by atoms with Gasteiger partial charge in [0.1, 0.15) is 11.6 Å². The normalized spacial score (nSPS) is 11.1. The second-order valence-electron chi connectivity index (χ2n) is 5.04. The Balaban J connectivity index is 1.97. The molecular formula is C16H16F2N2O3S. The Morgan fingerprint density at radius 1 is 1.12 bits per heavy atom. The molecule has 24 heavy (non-hydrogen) atoms. The van der Waals surface area contributed by atoms with E-state index in [1.54, 1.807) is 30.3 Å². The van der Waals surface area contributed by atoms with Crippen LogP contribution < -0.4 is 9.62 Å². The Hall–Kier alpha value is -2.48. The van der Waals surface area contributed by atoms with Gasteiger partial charge in [-0.3, -0.25) is 9.10 Å². The van der Waals surface area contributed by atoms with Crippen molar-refractivity contribution in [1.82, 2.24) is 0 Å². The van der Waals surface area contributed by atoms with Crippen LogP contribution >= 0.6 is 0 Å². The van der Waals surface area contributed by atoms with Crippen LogP contribution in [0, 0.1) is 11.6 Å². The predicted octanol–water partition coefficient (Wildman–Crippen LogP) is 2.76. The first-order valence-corrected chi connectivity index (χ1v) is 8.67. The Kier molecular flexibility index (Phi) is 5.50. The van der Waals surface area contributed by atoms with Crippen LogP contribution in [0.5, 0.6) is 0 Å². The molecule has 2 aromatic rings. The molecule has 0 aromatic heterocycles. The van der Waals surface area contributed by atoms with Crippen LogP contribution in [-0.4, -0.2) is 27.1 Å². The minimum atomic E-state index is -3.70. The fraction of sp³-hybridized carbons (Fsp3) is 0.188. The number of amides is 1. The number of carbonyl (C=O) groups is 1. The molecule has 0 radical (unpaired) electrons. The lowest BCUT2D eigenvalue weighted by Crippen LogP contribution is -2.30. The van der Waals surface area contributed by atoms with Crippen molar-refractivity contribution >= 4 is 27.3 Å².